The largest absolute Gasteiger partial charge is 0.472 e. The molecule has 0 bridgehead atoms. The number of ether oxygens (including phenoxy) is 4. The summed E-state index contributed by atoms with van der Waals surface area (Å²) in [5, 5.41) is 10.5. The number of unbranched alkanes of at least 4 members (excludes halogenated alkanes) is 36. The van der Waals surface area contributed by atoms with Crippen molar-refractivity contribution < 1.29 is 80.2 Å². The second-order valence-corrected chi connectivity index (χ2v) is 25.0. The maximum atomic E-state index is 12.9. The molecule has 474 valence electrons. The van der Waals surface area contributed by atoms with Crippen LogP contribution >= 0.6 is 15.6 Å². The predicted molar refractivity (Wildman–Crippen MR) is 317 cm³/mol. The number of carbonyl (C=O) groups is 4. The summed E-state index contributed by atoms with van der Waals surface area (Å²) in [5.41, 5.74) is 0. The highest BCUT2D eigenvalue weighted by Crippen LogP contribution is 2.45. The maximum absolute atomic E-state index is 12.9. The summed E-state index contributed by atoms with van der Waals surface area (Å²) in [7, 11) is -9.87. The summed E-state index contributed by atoms with van der Waals surface area (Å²) in [5.74, 6) is -2.15. The zero-order valence-corrected chi connectivity index (χ0v) is 52.8. The molecule has 17 nitrogen and oxygen atoms in total. The van der Waals surface area contributed by atoms with Crippen molar-refractivity contribution in [3.63, 3.8) is 0 Å². The quantitative estimate of drug-likeness (QED) is 0.0222. The van der Waals surface area contributed by atoms with Gasteiger partial charge in [0.05, 0.1) is 26.4 Å². The summed E-state index contributed by atoms with van der Waals surface area (Å²) in [6, 6.07) is 0. The van der Waals surface area contributed by atoms with Gasteiger partial charge in [0.2, 0.25) is 0 Å². The number of aliphatic hydroxyl groups is 1. The summed E-state index contributed by atoms with van der Waals surface area (Å²) in [6.45, 7) is 4.76. The first-order valence-electron chi connectivity index (χ1n) is 32.3. The lowest BCUT2D eigenvalue weighted by Crippen LogP contribution is -2.30. The number of phosphoric ester groups is 2. The molecule has 0 amide bonds. The van der Waals surface area contributed by atoms with Gasteiger partial charge in [-0.3, -0.25) is 37.3 Å². The second kappa shape index (κ2) is 56.2. The van der Waals surface area contributed by atoms with Gasteiger partial charge in [0, 0.05) is 25.7 Å². The lowest BCUT2D eigenvalue weighted by molar-refractivity contribution is -0.161. The van der Waals surface area contributed by atoms with Gasteiger partial charge in [-0.05, 0) is 25.7 Å². The van der Waals surface area contributed by atoms with Crippen molar-refractivity contribution in [1.82, 2.24) is 0 Å². The minimum Gasteiger partial charge on any atom is -0.462 e. The minimum atomic E-state index is -4.94. The van der Waals surface area contributed by atoms with E-state index in [9.17, 15) is 43.2 Å². The molecule has 0 radical (unpaired) electrons. The zero-order valence-electron chi connectivity index (χ0n) is 51.0. The van der Waals surface area contributed by atoms with Gasteiger partial charge in [-0.15, -0.1) is 0 Å². The van der Waals surface area contributed by atoms with Crippen LogP contribution in [0.2, 0.25) is 0 Å². The number of hydrogen-bond donors (Lipinski definition) is 3. The third-order valence-electron chi connectivity index (χ3n) is 14.1. The van der Waals surface area contributed by atoms with E-state index in [0.29, 0.717) is 25.7 Å². The van der Waals surface area contributed by atoms with Crippen LogP contribution in [0.3, 0.4) is 0 Å². The van der Waals surface area contributed by atoms with Crippen LogP contribution in [0.25, 0.3) is 0 Å². The molecule has 0 aromatic carbocycles. The van der Waals surface area contributed by atoms with E-state index in [1.54, 1.807) is 0 Å². The summed E-state index contributed by atoms with van der Waals surface area (Å²) in [4.78, 5) is 71.8. The summed E-state index contributed by atoms with van der Waals surface area (Å²) >= 11 is 0. The maximum Gasteiger partial charge on any atom is 0.472 e. The van der Waals surface area contributed by atoms with Crippen LogP contribution in [0.15, 0.2) is 0 Å². The number of phosphoric acid groups is 2. The van der Waals surface area contributed by atoms with Gasteiger partial charge in [-0.1, -0.05) is 259 Å². The summed E-state index contributed by atoms with van der Waals surface area (Å²) < 4.78 is 67.6. The van der Waals surface area contributed by atoms with Crippen LogP contribution < -0.4 is 0 Å². The number of carbonyl (C=O) groups excluding carboxylic acids is 4. The van der Waals surface area contributed by atoms with Crippen LogP contribution in [0.1, 0.15) is 310 Å². The van der Waals surface area contributed by atoms with Crippen LogP contribution in [0.4, 0.5) is 0 Å². The minimum absolute atomic E-state index is 0.104. The Labute approximate surface area is 486 Å². The van der Waals surface area contributed by atoms with Gasteiger partial charge < -0.3 is 33.8 Å². The third kappa shape index (κ3) is 55.3. The van der Waals surface area contributed by atoms with Gasteiger partial charge in [0.1, 0.15) is 19.3 Å². The molecule has 0 saturated heterocycles. The normalized spacial score (nSPS) is 14.2. The second-order valence-electron chi connectivity index (χ2n) is 22.1. The van der Waals surface area contributed by atoms with Crippen molar-refractivity contribution in [3.05, 3.63) is 0 Å². The van der Waals surface area contributed by atoms with Crippen molar-refractivity contribution >= 4 is 39.5 Å². The van der Waals surface area contributed by atoms with E-state index in [1.807, 2.05) is 0 Å². The topological polar surface area (TPSA) is 237 Å². The molecule has 0 fully saturated rings. The van der Waals surface area contributed by atoms with Crippen molar-refractivity contribution in [2.75, 3.05) is 39.6 Å². The zero-order chi connectivity index (χ0) is 59.1. The first-order valence-corrected chi connectivity index (χ1v) is 35.3. The lowest BCUT2D eigenvalue weighted by atomic mass is 10.0. The molecule has 0 aliphatic heterocycles. The average molecular weight is 1190 g/mol. The van der Waals surface area contributed by atoms with Gasteiger partial charge in [-0.2, -0.15) is 0 Å². The Morgan fingerprint density at radius 2 is 0.500 bits per heavy atom. The van der Waals surface area contributed by atoms with Crippen LogP contribution in [0, 0.1) is 0 Å². The molecule has 0 heterocycles. The van der Waals surface area contributed by atoms with E-state index >= 15 is 0 Å². The Bertz CT molecular complexity index is 1550. The Hall–Kier alpha value is -1.94. The predicted octanol–water partition coefficient (Wildman–Crippen LogP) is 16.8. The number of hydrogen-bond acceptors (Lipinski definition) is 15. The van der Waals surface area contributed by atoms with Crippen molar-refractivity contribution in [3.8, 4) is 0 Å². The first kappa shape index (κ1) is 78.1. The monoisotopic (exact) mass is 1180 g/mol. The van der Waals surface area contributed by atoms with Crippen LogP contribution in [-0.2, 0) is 65.4 Å². The SMILES string of the molecule is CCCCCCCCCCCCCCCCC(=O)O[C@H](COC(=O)CCCCCCCCCCCCCCC)COP(=O)(O)OC[C@@H](O)COP(=O)(O)OC[C@@H](COC(=O)CCCCCCC)OC(=O)CCCCCCCCCC. The highest BCUT2D eigenvalue weighted by molar-refractivity contribution is 7.47. The fraction of sp³-hybridized carbons (Fsp3) is 0.934. The van der Waals surface area contributed by atoms with E-state index in [2.05, 4.69) is 27.7 Å². The first-order chi connectivity index (χ1) is 38.7. The molecule has 0 aromatic heterocycles. The molecule has 0 aliphatic carbocycles. The van der Waals surface area contributed by atoms with Gasteiger partial charge in [0.25, 0.3) is 0 Å². The smallest absolute Gasteiger partial charge is 0.462 e. The van der Waals surface area contributed by atoms with E-state index in [1.165, 1.54) is 128 Å². The fourth-order valence-corrected chi connectivity index (χ4v) is 10.7. The van der Waals surface area contributed by atoms with Gasteiger partial charge in [-0.25, -0.2) is 9.13 Å². The molecular weight excluding hydrogens is 1070 g/mol. The van der Waals surface area contributed by atoms with Crippen LogP contribution in [0.5, 0.6) is 0 Å². The average Bonchev–Trinajstić information content (AvgIpc) is 3.43. The van der Waals surface area contributed by atoms with Gasteiger partial charge >= 0.3 is 39.5 Å². The molecule has 2 unspecified atom stereocenters. The fourth-order valence-electron chi connectivity index (χ4n) is 9.10. The molecule has 0 aromatic rings. The molecule has 5 atom stereocenters. The highest BCUT2D eigenvalue weighted by atomic mass is 31.2. The van der Waals surface area contributed by atoms with Crippen LogP contribution in [-0.4, -0.2) is 96.7 Å². The summed E-state index contributed by atoms with van der Waals surface area (Å²) in [6.07, 6.45) is 40.6. The van der Waals surface area contributed by atoms with Crippen molar-refractivity contribution in [2.24, 2.45) is 0 Å². The van der Waals surface area contributed by atoms with E-state index in [0.717, 1.165) is 103 Å². The molecule has 0 rings (SSSR count). The number of esters is 4. The Morgan fingerprint density at radius 3 is 0.738 bits per heavy atom. The van der Waals surface area contributed by atoms with Gasteiger partial charge in [0.15, 0.2) is 12.2 Å². The molecule has 19 heteroatoms. The van der Waals surface area contributed by atoms with E-state index in [-0.39, 0.29) is 25.7 Å². The lowest BCUT2D eigenvalue weighted by Gasteiger charge is -2.21. The highest BCUT2D eigenvalue weighted by Gasteiger charge is 2.30. The molecule has 0 aliphatic rings. The Kier molecular flexibility index (Phi) is 54.8. The molecule has 0 saturated carbocycles. The third-order valence-corrected chi connectivity index (χ3v) is 16.0. The van der Waals surface area contributed by atoms with Crippen molar-refractivity contribution in [2.45, 2.75) is 329 Å². The Balaban J connectivity index is 5.16. The molecule has 80 heavy (non-hydrogen) atoms. The molecule has 3 N–H and O–H groups in total. The van der Waals surface area contributed by atoms with E-state index in [4.69, 9.17) is 37.0 Å². The number of rotatable bonds is 62. The number of aliphatic hydroxyl groups excluding tert-OH is 1. The van der Waals surface area contributed by atoms with E-state index < -0.39 is 97.5 Å². The Morgan fingerprint density at radius 1 is 0.300 bits per heavy atom. The molecule has 0 spiro atoms. The standard InChI is InChI=1S/C61H118O17P2/c1-5-9-13-17-20-23-25-27-29-31-33-36-40-44-48-61(66)78-57(52-72-59(64)46-42-38-35-32-30-28-26-24-21-18-14-10-6-2)54-76-80(69,70)74-50-55(62)49-73-79(67,68)75-53-56(51-71-58(63)45-41-37-16-12-8-4)77-60(65)47-43-39-34-22-19-15-11-7-3/h55-57,62H,5-54H2,1-4H3,(H,67,68)(H,69,70)/t55-,56+,57+/m0/s1. The molecular formula is C61H118O17P2. The van der Waals surface area contributed by atoms with Crippen molar-refractivity contribution in [1.29, 1.82) is 0 Å².